The highest BCUT2D eigenvalue weighted by Gasteiger charge is 2.26. The number of hydrogen-bond acceptors (Lipinski definition) is 4. The van der Waals surface area contributed by atoms with E-state index in [2.05, 4.69) is 51.9 Å². The summed E-state index contributed by atoms with van der Waals surface area (Å²) >= 11 is 0. The highest BCUT2D eigenvalue weighted by molar-refractivity contribution is 7.90. The van der Waals surface area contributed by atoms with Gasteiger partial charge in [-0.15, -0.1) is 0 Å². The second kappa shape index (κ2) is 8.08. The fraction of sp³-hybridized carbons (Fsp3) is 0.417. The van der Waals surface area contributed by atoms with Gasteiger partial charge in [0.1, 0.15) is 0 Å². The molecule has 3 aromatic rings. The molecule has 0 unspecified atom stereocenters. The molecular formula is C24H30N2O3S. The van der Waals surface area contributed by atoms with Crippen molar-refractivity contribution in [3.63, 3.8) is 0 Å². The van der Waals surface area contributed by atoms with Crippen molar-refractivity contribution in [1.29, 1.82) is 0 Å². The van der Waals surface area contributed by atoms with Gasteiger partial charge in [-0.25, -0.2) is 8.42 Å². The molecule has 0 saturated carbocycles. The first-order valence-corrected chi connectivity index (χ1v) is 12.0. The van der Waals surface area contributed by atoms with Crippen molar-refractivity contribution in [2.24, 2.45) is 7.05 Å². The van der Waals surface area contributed by atoms with E-state index in [4.69, 9.17) is 4.74 Å². The maximum absolute atomic E-state index is 12.2. The Hall–Kier alpha value is -2.31. The zero-order valence-electron chi connectivity index (χ0n) is 16.7. The van der Waals surface area contributed by atoms with Gasteiger partial charge in [-0.1, -0.05) is 25.6 Å². The summed E-state index contributed by atoms with van der Waals surface area (Å²) in [6, 6.07) is 15.3. The molecule has 160 valence electrons. The van der Waals surface area contributed by atoms with Gasteiger partial charge in [0.2, 0.25) is 0 Å². The minimum Gasteiger partial charge on any atom is -0.378 e. The summed E-state index contributed by atoms with van der Waals surface area (Å²) in [5, 5.41) is 1.09. The molecule has 3 heterocycles. The van der Waals surface area contributed by atoms with E-state index in [1.54, 1.807) is 0 Å². The molecular weight excluding hydrogens is 396 g/mol. The summed E-state index contributed by atoms with van der Waals surface area (Å²) in [5.41, 5.74) is 7.01. The Morgan fingerprint density at radius 3 is 2.43 bits per heavy atom. The fourth-order valence-electron chi connectivity index (χ4n) is 4.64. The van der Waals surface area contributed by atoms with Crippen LogP contribution < -0.4 is 4.90 Å². The number of rotatable bonds is 3. The van der Waals surface area contributed by atoms with Crippen molar-refractivity contribution in [3.8, 4) is 0 Å². The number of anilines is 1. The predicted octanol–water partition coefficient (Wildman–Crippen LogP) is 3.71. The number of hydrogen-bond donors (Lipinski definition) is 0. The third-order valence-electron chi connectivity index (χ3n) is 6.24. The predicted molar refractivity (Wildman–Crippen MR) is 123 cm³/mol. The number of aryl methyl sites for hydroxylation is 1. The average molecular weight is 427 g/mol. The quantitative estimate of drug-likeness (QED) is 0.641. The molecule has 0 radical (unpaired) electrons. The van der Waals surface area contributed by atoms with Gasteiger partial charge >= 0.3 is 0 Å². The molecule has 5 nitrogen and oxygen atoms in total. The molecule has 1 aromatic heterocycles. The molecule has 0 spiro atoms. The van der Waals surface area contributed by atoms with Gasteiger partial charge in [0.25, 0.3) is 0 Å². The number of morpholine rings is 1. The van der Waals surface area contributed by atoms with Gasteiger partial charge in [0, 0.05) is 48.8 Å². The van der Waals surface area contributed by atoms with E-state index in [0.717, 1.165) is 49.2 Å². The van der Waals surface area contributed by atoms with E-state index in [1.165, 1.54) is 22.5 Å². The molecule has 5 rings (SSSR count). The maximum atomic E-state index is 12.2. The number of benzene rings is 2. The molecule has 2 aliphatic heterocycles. The van der Waals surface area contributed by atoms with Gasteiger partial charge in [-0.05, 0) is 47.4 Å². The lowest BCUT2D eigenvalue weighted by Gasteiger charge is -2.28. The van der Waals surface area contributed by atoms with Crippen molar-refractivity contribution in [3.05, 3.63) is 64.8 Å². The van der Waals surface area contributed by atoms with Crippen molar-refractivity contribution in [2.75, 3.05) is 37.0 Å². The largest absolute Gasteiger partial charge is 0.378 e. The van der Waals surface area contributed by atoms with Crippen LogP contribution in [0.3, 0.4) is 0 Å². The first kappa shape index (κ1) is 20.9. The average Bonchev–Trinajstić information content (AvgIpc) is 2.99. The zero-order chi connectivity index (χ0) is 20.0. The van der Waals surface area contributed by atoms with Crippen LogP contribution in [0.4, 0.5) is 5.69 Å². The highest BCUT2D eigenvalue weighted by Crippen LogP contribution is 2.32. The molecule has 1 saturated heterocycles. The molecule has 0 bridgehead atoms. The lowest BCUT2D eigenvalue weighted by Crippen LogP contribution is -2.36. The van der Waals surface area contributed by atoms with Crippen molar-refractivity contribution < 1.29 is 13.2 Å². The summed E-state index contributed by atoms with van der Waals surface area (Å²) < 4.78 is 32.0. The molecule has 0 amide bonds. The van der Waals surface area contributed by atoms with Gasteiger partial charge in [0.05, 0.1) is 24.7 Å². The van der Waals surface area contributed by atoms with E-state index < -0.39 is 9.84 Å². The van der Waals surface area contributed by atoms with Crippen molar-refractivity contribution in [1.82, 2.24) is 4.57 Å². The lowest BCUT2D eigenvalue weighted by molar-refractivity contribution is 0.122. The van der Waals surface area contributed by atoms with Crippen LogP contribution in [0, 0.1) is 0 Å². The van der Waals surface area contributed by atoms with E-state index in [9.17, 15) is 8.42 Å². The molecule has 0 N–H and O–H groups in total. The second-order valence-electron chi connectivity index (χ2n) is 8.12. The molecule has 0 atom stereocenters. The topological polar surface area (TPSA) is 51.5 Å². The van der Waals surface area contributed by atoms with Crippen molar-refractivity contribution >= 4 is 26.4 Å². The van der Waals surface area contributed by atoms with Crippen LogP contribution >= 0.6 is 0 Å². The number of fused-ring (bicyclic) bond motifs is 3. The third-order valence-corrected chi connectivity index (χ3v) is 7.79. The lowest BCUT2D eigenvalue weighted by atomic mass is 10.0. The second-order valence-corrected chi connectivity index (χ2v) is 10.3. The minimum absolute atomic E-state index is 0. The number of nitrogens with zero attached hydrogens (tertiary/aromatic N) is 2. The van der Waals surface area contributed by atoms with Crippen LogP contribution in [0.5, 0.6) is 0 Å². The third kappa shape index (κ3) is 3.86. The Balaban J connectivity index is 0.00000218. The first-order valence-electron chi connectivity index (χ1n) is 10.2. The van der Waals surface area contributed by atoms with E-state index in [-0.39, 0.29) is 18.9 Å². The summed E-state index contributed by atoms with van der Waals surface area (Å²) in [6.07, 6.45) is 1.46. The minimum atomic E-state index is -2.99. The number of aromatic nitrogens is 1. The van der Waals surface area contributed by atoms with Gasteiger partial charge in [-0.2, -0.15) is 0 Å². The molecule has 2 aliphatic rings. The Labute approximate surface area is 179 Å². The van der Waals surface area contributed by atoms with E-state index >= 15 is 0 Å². The first-order chi connectivity index (χ1) is 14.0. The maximum Gasteiger partial charge on any atom is 0.154 e. The Bertz CT molecular complexity index is 1160. The molecule has 0 aliphatic carbocycles. The highest BCUT2D eigenvalue weighted by atomic mass is 32.2. The summed E-state index contributed by atoms with van der Waals surface area (Å²) in [7, 11) is -0.944. The Morgan fingerprint density at radius 2 is 1.70 bits per heavy atom. The van der Waals surface area contributed by atoms with Crippen LogP contribution in [0.2, 0.25) is 0 Å². The van der Waals surface area contributed by atoms with Gasteiger partial charge < -0.3 is 14.2 Å². The molecule has 2 aromatic carbocycles. The van der Waals surface area contributed by atoms with Crippen LogP contribution in [0.25, 0.3) is 10.9 Å². The van der Waals surface area contributed by atoms with Crippen LogP contribution in [-0.2, 0) is 40.2 Å². The summed E-state index contributed by atoms with van der Waals surface area (Å²) in [6.45, 7) is 3.47. The normalized spacial score (nSPS) is 18.1. The SMILES string of the molecule is C.Cn1c2c(c3cc(Cc4ccc(N5CCOCC5)cc4)ccc31)CS(=O)(=O)CC2. The summed E-state index contributed by atoms with van der Waals surface area (Å²) in [4.78, 5) is 2.36. The Morgan fingerprint density at radius 1 is 1.00 bits per heavy atom. The summed E-state index contributed by atoms with van der Waals surface area (Å²) in [5.74, 6) is 0.421. The van der Waals surface area contributed by atoms with Gasteiger partial charge in [-0.3, -0.25) is 0 Å². The Kier molecular flexibility index (Phi) is 5.64. The van der Waals surface area contributed by atoms with Crippen LogP contribution in [-0.4, -0.2) is 45.0 Å². The van der Waals surface area contributed by atoms with Crippen molar-refractivity contribution in [2.45, 2.75) is 26.0 Å². The number of ether oxygens (including phenoxy) is 1. The van der Waals surface area contributed by atoms with Gasteiger partial charge in [0.15, 0.2) is 9.84 Å². The van der Waals surface area contributed by atoms with E-state index in [0.29, 0.717) is 6.42 Å². The zero-order valence-corrected chi connectivity index (χ0v) is 17.5. The van der Waals surface area contributed by atoms with Crippen LogP contribution in [0.15, 0.2) is 42.5 Å². The smallest absolute Gasteiger partial charge is 0.154 e. The molecule has 30 heavy (non-hydrogen) atoms. The standard InChI is InChI=1S/C23H26N2O3S.CH4/c1-24-22-7-4-18(15-20(22)21-16-29(26,27)13-8-23(21)24)14-17-2-5-19(6-3-17)25-9-11-28-12-10-25;/h2-7,15H,8-14,16H2,1H3;1H4. The number of sulfone groups is 1. The monoisotopic (exact) mass is 426 g/mol. The van der Waals surface area contributed by atoms with Crippen LogP contribution in [0.1, 0.15) is 29.8 Å². The van der Waals surface area contributed by atoms with E-state index in [1.807, 2.05) is 7.05 Å². The molecule has 6 heteroatoms. The molecule has 1 fully saturated rings. The fourth-order valence-corrected chi connectivity index (χ4v) is 6.05.